The Bertz CT molecular complexity index is 1350. The summed E-state index contributed by atoms with van der Waals surface area (Å²) in [5.74, 6) is -0.906. The average molecular weight is 544 g/mol. The second kappa shape index (κ2) is 11.9. The van der Waals surface area contributed by atoms with Crippen LogP contribution in [0.2, 0.25) is 5.02 Å². The quantitative estimate of drug-likeness (QED) is 0.207. The van der Waals surface area contributed by atoms with Crippen LogP contribution < -0.4 is 20.7 Å². The van der Waals surface area contributed by atoms with E-state index < -0.39 is 39.1 Å². The molecule has 0 saturated carbocycles. The molecule has 3 aromatic carbocycles. The van der Waals surface area contributed by atoms with E-state index in [0.717, 1.165) is 18.2 Å². The van der Waals surface area contributed by atoms with E-state index >= 15 is 0 Å². The van der Waals surface area contributed by atoms with Crippen LogP contribution in [0.4, 0.5) is 22.7 Å². The first-order chi connectivity index (χ1) is 17.5. The van der Waals surface area contributed by atoms with Crippen molar-refractivity contribution < 1.29 is 24.2 Å². The number of nitrogens with zero attached hydrogens (tertiary/aromatic N) is 2. The molecule has 3 rings (SSSR count). The number of nitro benzene ring substituents is 2. The molecule has 3 N–H and O–H groups in total. The van der Waals surface area contributed by atoms with Gasteiger partial charge < -0.3 is 15.4 Å². The Morgan fingerprint density at radius 3 is 2.00 bits per heavy atom. The largest absolute Gasteiger partial charge is 0.479 e. The molecule has 0 aliphatic rings. The van der Waals surface area contributed by atoms with Crippen molar-refractivity contribution in [3.8, 4) is 5.75 Å². The third kappa shape index (κ3) is 7.43. The molecule has 37 heavy (non-hydrogen) atoms. The summed E-state index contributed by atoms with van der Waals surface area (Å²) in [7, 11) is 0. The summed E-state index contributed by atoms with van der Waals surface area (Å²) in [6, 6.07) is 15.6. The van der Waals surface area contributed by atoms with E-state index in [1.165, 1.54) is 0 Å². The number of carbonyl (C=O) groups excluding carboxylic acids is 2. The predicted molar refractivity (Wildman–Crippen MR) is 140 cm³/mol. The Morgan fingerprint density at radius 1 is 0.919 bits per heavy atom. The fraction of sp³-hybridized carbons (Fsp3) is 0.0870. The molecule has 2 amide bonds. The number of ether oxygens (including phenoxy) is 1. The SMILES string of the molecule is CC(Oc1ccccc1Cl)C(=O)Nc1ccc(NC(=S)NC(=O)c2cc([N+](=O)[O-])cc([N+](=O)[O-])c2)cc1. The lowest BCUT2D eigenvalue weighted by atomic mass is 10.1. The average Bonchev–Trinajstić information content (AvgIpc) is 2.86. The van der Waals surface area contributed by atoms with Gasteiger partial charge in [0.25, 0.3) is 23.2 Å². The van der Waals surface area contributed by atoms with Crippen LogP contribution in [0.15, 0.2) is 66.7 Å². The van der Waals surface area contributed by atoms with Gasteiger partial charge in [-0.2, -0.15) is 0 Å². The first-order valence-electron chi connectivity index (χ1n) is 10.4. The Morgan fingerprint density at radius 2 is 1.46 bits per heavy atom. The molecule has 0 aromatic heterocycles. The monoisotopic (exact) mass is 543 g/mol. The first-order valence-corrected chi connectivity index (χ1v) is 11.2. The van der Waals surface area contributed by atoms with Gasteiger partial charge in [-0.25, -0.2) is 0 Å². The first kappa shape index (κ1) is 27.0. The summed E-state index contributed by atoms with van der Waals surface area (Å²) in [6.07, 6.45) is -0.829. The molecule has 14 heteroatoms. The molecular weight excluding hydrogens is 526 g/mol. The van der Waals surface area contributed by atoms with Crippen molar-refractivity contribution in [3.63, 3.8) is 0 Å². The number of nitro groups is 2. The summed E-state index contributed by atoms with van der Waals surface area (Å²) in [4.78, 5) is 45.2. The number of thiocarbonyl (C=S) groups is 1. The van der Waals surface area contributed by atoms with Crippen LogP contribution in [-0.2, 0) is 4.79 Å². The maximum absolute atomic E-state index is 12.4. The zero-order valence-corrected chi connectivity index (χ0v) is 20.5. The van der Waals surface area contributed by atoms with Gasteiger partial charge in [0.15, 0.2) is 11.2 Å². The minimum atomic E-state index is -0.874. The predicted octanol–water partition coefficient (Wildman–Crippen LogP) is 4.69. The second-order valence-electron chi connectivity index (χ2n) is 7.42. The number of nitrogens with one attached hydrogen (secondary N) is 3. The lowest BCUT2D eigenvalue weighted by molar-refractivity contribution is -0.394. The van der Waals surface area contributed by atoms with E-state index in [4.69, 9.17) is 28.6 Å². The molecule has 1 atom stereocenters. The number of rotatable bonds is 8. The van der Waals surface area contributed by atoms with E-state index in [-0.39, 0.29) is 10.7 Å². The molecule has 0 aliphatic heterocycles. The van der Waals surface area contributed by atoms with Crippen molar-refractivity contribution in [3.05, 3.63) is 97.5 Å². The standard InChI is InChI=1S/C23H18ClN5O7S/c1-13(36-20-5-3-2-4-19(20)24)21(30)25-15-6-8-16(9-7-15)26-23(37)27-22(31)14-10-17(28(32)33)12-18(11-14)29(34)35/h2-13H,1H3,(H,25,30)(H2,26,27,31,37). The topological polar surface area (TPSA) is 166 Å². The number of carbonyl (C=O) groups is 2. The normalized spacial score (nSPS) is 11.1. The lowest BCUT2D eigenvalue weighted by Gasteiger charge is -2.16. The van der Waals surface area contributed by atoms with Gasteiger partial charge in [0, 0.05) is 23.5 Å². The number of hydrogen-bond donors (Lipinski definition) is 3. The molecule has 0 heterocycles. The minimum absolute atomic E-state index is 0.155. The van der Waals surface area contributed by atoms with Crippen LogP contribution in [-0.4, -0.2) is 32.9 Å². The maximum Gasteiger partial charge on any atom is 0.277 e. The molecule has 0 spiro atoms. The Balaban J connectivity index is 1.58. The zero-order chi connectivity index (χ0) is 27.1. The minimum Gasteiger partial charge on any atom is -0.479 e. The highest BCUT2D eigenvalue weighted by Gasteiger charge is 2.20. The number of para-hydroxylation sites is 1. The zero-order valence-electron chi connectivity index (χ0n) is 19.0. The van der Waals surface area contributed by atoms with Crippen LogP contribution in [0.25, 0.3) is 0 Å². The van der Waals surface area contributed by atoms with Crippen molar-refractivity contribution in [2.45, 2.75) is 13.0 Å². The smallest absolute Gasteiger partial charge is 0.277 e. The molecule has 12 nitrogen and oxygen atoms in total. The van der Waals surface area contributed by atoms with Crippen molar-refractivity contribution >= 4 is 63.5 Å². The number of hydrogen-bond acceptors (Lipinski definition) is 8. The summed E-state index contributed by atoms with van der Waals surface area (Å²) >= 11 is 11.1. The van der Waals surface area contributed by atoms with Crippen molar-refractivity contribution in [2.24, 2.45) is 0 Å². The van der Waals surface area contributed by atoms with Gasteiger partial charge in [-0.3, -0.25) is 35.1 Å². The molecule has 0 bridgehead atoms. The summed E-state index contributed by atoms with van der Waals surface area (Å²) < 4.78 is 5.58. The van der Waals surface area contributed by atoms with Gasteiger partial charge in [0.05, 0.1) is 26.5 Å². The van der Waals surface area contributed by atoms with E-state index in [2.05, 4.69) is 16.0 Å². The molecule has 0 aliphatic carbocycles. The van der Waals surface area contributed by atoms with Gasteiger partial charge >= 0.3 is 0 Å². The van der Waals surface area contributed by atoms with Gasteiger partial charge in [0.1, 0.15) is 5.75 Å². The van der Waals surface area contributed by atoms with Crippen LogP contribution in [0, 0.1) is 20.2 Å². The Hall–Kier alpha value is -4.62. The summed E-state index contributed by atoms with van der Waals surface area (Å²) in [6.45, 7) is 1.58. The number of amides is 2. The Labute approximate surface area is 219 Å². The molecule has 0 fully saturated rings. The number of halogens is 1. The lowest BCUT2D eigenvalue weighted by Crippen LogP contribution is -2.34. The molecule has 190 valence electrons. The molecule has 3 aromatic rings. The van der Waals surface area contributed by atoms with Gasteiger partial charge in [-0.05, 0) is 55.5 Å². The van der Waals surface area contributed by atoms with Crippen LogP contribution >= 0.6 is 23.8 Å². The van der Waals surface area contributed by atoms with E-state index in [0.29, 0.717) is 22.1 Å². The van der Waals surface area contributed by atoms with E-state index in [1.807, 2.05) is 0 Å². The van der Waals surface area contributed by atoms with Gasteiger partial charge in [-0.15, -0.1) is 0 Å². The molecule has 1 unspecified atom stereocenters. The van der Waals surface area contributed by atoms with E-state index in [1.54, 1.807) is 55.5 Å². The molecule has 0 saturated heterocycles. The number of anilines is 2. The summed E-state index contributed by atoms with van der Waals surface area (Å²) in [5, 5.41) is 30.0. The number of benzene rings is 3. The van der Waals surface area contributed by atoms with Crippen LogP contribution in [0.1, 0.15) is 17.3 Å². The van der Waals surface area contributed by atoms with Crippen molar-refractivity contribution in [1.82, 2.24) is 5.32 Å². The fourth-order valence-electron chi connectivity index (χ4n) is 2.94. The molecule has 0 radical (unpaired) electrons. The van der Waals surface area contributed by atoms with Crippen molar-refractivity contribution in [2.75, 3.05) is 10.6 Å². The Kier molecular flexibility index (Phi) is 8.66. The summed E-state index contributed by atoms with van der Waals surface area (Å²) in [5.41, 5.74) is -0.612. The van der Waals surface area contributed by atoms with Crippen LogP contribution in [0.3, 0.4) is 0 Å². The fourth-order valence-corrected chi connectivity index (χ4v) is 3.33. The van der Waals surface area contributed by atoms with E-state index in [9.17, 15) is 29.8 Å². The van der Waals surface area contributed by atoms with Gasteiger partial charge in [-0.1, -0.05) is 23.7 Å². The maximum atomic E-state index is 12.4. The van der Waals surface area contributed by atoms with Crippen LogP contribution in [0.5, 0.6) is 5.75 Å². The van der Waals surface area contributed by atoms with Gasteiger partial charge in [0.2, 0.25) is 0 Å². The third-order valence-corrected chi connectivity index (χ3v) is 5.25. The second-order valence-corrected chi connectivity index (χ2v) is 8.23. The highest BCUT2D eigenvalue weighted by atomic mass is 35.5. The highest BCUT2D eigenvalue weighted by Crippen LogP contribution is 2.25. The number of non-ortho nitro benzene ring substituents is 2. The molecular formula is C23H18ClN5O7S. The van der Waals surface area contributed by atoms with Crippen molar-refractivity contribution in [1.29, 1.82) is 0 Å². The highest BCUT2D eigenvalue weighted by molar-refractivity contribution is 7.80. The third-order valence-electron chi connectivity index (χ3n) is 4.73.